The van der Waals surface area contributed by atoms with E-state index < -0.39 is 0 Å². The lowest BCUT2D eigenvalue weighted by atomic mass is 10.1. The SMILES string of the molecule is Cc1ccc(C2(N)CC2)nc1. The van der Waals surface area contributed by atoms with Crippen LogP contribution in [0.4, 0.5) is 0 Å². The first-order valence-corrected chi connectivity index (χ1v) is 3.93. The second-order valence-corrected chi connectivity index (χ2v) is 3.38. The highest BCUT2D eigenvalue weighted by Gasteiger charge is 2.41. The number of aromatic nitrogens is 1. The van der Waals surface area contributed by atoms with Crippen LogP contribution in [0.5, 0.6) is 0 Å². The smallest absolute Gasteiger partial charge is 0.0602 e. The fourth-order valence-corrected chi connectivity index (χ4v) is 1.15. The normalized spacial score (nSPS) is 19.8. The van der Waals surface area contributed by atoms with Gasteiger partial charge in [-0.2, -0.15) is 0 Å². The van der Waals surface area contributed by atoms with Crippen LogP contribution in [0.3, 0.4) is 0 Å². The van der Waals surface area contributed by atoms with Gasteiger partial charge >= 0.3 is 0 Å². The molecule has 0 spiro atoms. The molecule has 0 amide bonds. The molecule has 0 bridgehead atoms. The summed E-state index contributed by atoms with van der Waals surface area (Å²) in [6.45, 7) is 2.03. The third-order valence-electron chi connectivity index (χ3n) is 2.21. The summed E-state index contributed by atoms with van der Waals surface area (Å²) in [5.41, 5.74) is 8.12. The Bertz CT molecular complexity index is 259. The topological polar surface area (TPSA) is 38.9 Å². The van der Waals surface area contributed by atoms with Gasteiger partial charge in [-0.3, -0.25) is 4.98 Å². The minimum Gasteiger partial charge on any atom is -0.320 e. The van der Waals surface area contributed by atoms with Crippen molar-refractivity contribution in [2.75, 3.05) is 0 Å². The largest absolute Gasteiger partial charge is 0.320 e. The highest BCUT2D eigenvalue weighted by atomic mass is 14.9. The van der Waals surface area contributed by atoms with Gasteiger partial charge in [0.2, 0.25) is 0 Å². The fraction of sp³-hybridized carbons (Fsp3) is 0.444. The number of pyridine rings is 1. The van der Waals surface area contributed by atoms with Crippen molar-refractivity contribution in [3.63, 3.8) is 0 Å². The average molecular weight is 148 g/mol. The molecule has 0 unspecified atom stereocenters. The highest BCUT2D eigenvalue weighted by Crippen LogP contribution is 2.41. The van der Waals surface area contributed by atoms with E-state index in [4.69, 9.17) is 5.73 Å². The van der Waals surface area contributed by atoms with E-state index in [1.165, 1.54) is 5.56 Å². The van der Waals surface area contributed by atoms with Gasteiger partial charge in [0.1, 0.15) is 0 Å². The maximum absolute atomic E-state index is 5.96. The Morgan fingerprint density at radius 1 is 1.45 bits per heavy atom. The van der Waals surface area contributed by atoms with Crippen LogP contribution in [0.2, 0.25) is 0 Å². The first-order valence-electron chi connectivity index (χ1n) is 3.93. The van der Waals surface area contributed by atoms with Gasteiger partial charge in [0, 0.05) is 6.20 Å². The number of hydrogen-bond donors (Lipinski definition) is 1. The standard InChI is InChI=1S/C9H12N2/c1-7-2-3-8(11-6-7)9(10)4-5-9/h2-3,6H,4-5,10H2,1H3. The van der Waals surface area contributed by atoms with Crippen molar-refractivity contribution in [3.05, 3.63) is 29.6 Å². The lowest BCUT2D eigenvalue weighted by Crippen LogP contribution is -2.19. The summed E-state index contributed by atoms with van der Waals surface area (Å²) in [5.74, 6) is 0. The fourth-order valence-electron chi connectivity index (χ4n) is 1.15. The third-order valence-corrected chi connectivity index (χ3v) is 2.21. The van der Waals surface area contributed by atoms with Crippen LogP contribution in [0, 0.1) is 6.92 Å². The van der Waals surface area contributed by atoms with Crippen LogP contribution in [-0.4, -0.2) is 4.98 Å². The monoisotopic (exact) mass is 148 g/mol. The molecule has 0 aliphatic heterocycles. The molecule has 0 saturated heterocycles. The van der Waals surface area contributed by atoms with Crippen LogP contribution >= 0.6 is 0 Å². The molecule has 1 aromatic rings. The van der Waals surface area contributed by atoms with Gasteiger partial charge in [0.25, 0.3) is 0 Å². The minimum absolute atomic E-state index is 0.0757. The van der Waals surface area contributed by atoms with Gasteiger partial charge in [-0.05, 0) is 31.4 Å². The van der Waals surface area contributed by atoms with Gasteiger partial charge in [0.05, 0.1) is 11.2 Å². The van der Waals surface area contributed by atoms with Crippen LogP contribution in [-0.2, 0) is 5.54 Å². The van der Waals surface area contributed by atoms with E-state index in [1.54, 1.807) is 0 Å². The van der Waals surface area contributed by atoms with Gasteiger partial charge in [0.15, 0.2) is 0 Å². The molecular weight excluding hydrogens is 136 g/mol. The Hall–Kier alpha value is -0.890. The quantitative estimate of drug-likeness (QED) is 0.652. The minimum atomic E-state index is -0.0757. The van der Waals surface area contributed by atoms with Gasteiger partial charge in [-0.25, -0.2) is 0 Å². The number of aryl methyl sites for hydroxylation is 1. The van der Waals surface area contributed by atoms with E-state index in [0.29, 0.717) is 0 Å². The van der Waals surface area contributed by atoms with Crippen LogP contribution in [0.25, 0.3) is 0 Å². The van der Waals surface area contributed by atoms with E-state index in [-0.39, 0.29) is 5.54 Å². The summed E-state index contributed by atoms with van der Waals surface area (Å²) in [5, 5.41) is 0. The first-order chi connectivity index (χ1) is 5.21. The van der Waals surface area contributed by atoms with E-state index in [0.717, 1.165) is 18.5 Å². The molecule has 58 valence electrons. The second kappa shape index (κ2) is 2.05. The Kier molecular flexibility index (Phi) is 1.26. The third kappa shape index (κ3) is 1.14. The number of nitrogens with zero attached hydrogens (tertiary/aromatic N) is 1. The van der Waals surface area contributed by atoms with E-state index in [9.17, 15) is 0 Å². The van der Waals surface area contributed by atoms with E-state index >= 15 is 0 Å². The number of hydrogen-bond acceptors (Lipinski definition) is 2. The lowest BCUT2D eigenvalue weighted by Gasteiger charge is -2.06. The van der Waals surface area contributed by atoms with Crippen molar-refractivity contribution in [1.29, 1.82) is 0 Å². The zero-order valence-electron chi connectivity index (χ0n) is 6.67. The van der Waals surface area contributed by atoms with Crippen LogP contribution in [0.1, 0.15) is 24.1 Å². The molecule has 0 aromatic carbocycles. The zero-order valence-corrected chi connectivity index (χ0v) is 6.67. The zero-order chi connectivity index (χ0) is 7.90. The maximum atomic E-state index is 5.96. The van der Waals surface area contributed by atoms with Gasteiger partial charge in [-0.1, -0.05) is 6.07 Å². The van der Waals surface area contributed by atoms with E-state index in [1.807, 2.05) is 19.2 Å². The number of nitrogens with two attached hydrogens (primary N) is 1. The van der Waals surface area contributed by atoms with E-state index in [2.05, 4.69) is 11.1 Å². The Morgan fingerprint density at radius 2 is 2.18 bits per heavy atom. The van der Waals surface area contributed by atoms with Crippen LogP contribution in [0.15, 0.2) is 18.3 Å². The summed E-state index contributed by atoms with van der Waals surface area (Å²) in [4.78, 5) is 4.29. The Morgan fingerprint density at radius 3 is 2.64 bits per heavy atom. The summed E-state index contributed by atoms with van der Waals surface area (Å²) in [6.07, 6.45) is 4.05. The Balaban J connectivity index is 2.33. The molecule has 2 nitrogen and oxygen atoms in total. The number of rotatable bonds is 1. The second-order valence-electron chi connectivity index (χ2n) is 3.38. The molecule has 1 fully saturated rings. The highest BCUT2D eigenvalue weighted by molar-refractivity contribution is 5.24. The molecule has 11 heavy (non-hydrogen) atoms. The van der Waals surface area contributed by atoms with Crippen molar-refractivity contribution in [2.24, 2.45) is 5.73 Å². The predicted molar refractivity (Wildman–Crippen MR) is 44.1 cm³/mol. The lowest BCUT2D eigenvalue weighted by molar-refractivity contribution is 0.707. The van der Waals surface area contributed by atoms with Crippen molar-refractivity contribution in [3.8, 4) is 0 Å². The summed E-state index contributed by atoms with van der Waals surface area (Å²) < 4.78 is 0. The first kappa shape index (κ1) is 6.80. The maximum Gasteiger partial charge on any atom is 0.0602 e. The molecule has 1 aliphatic rings. The van der Waals surface area contributed by atoms with Crippen molar-refractivity contribution in [2.45, 2.75) is 25.3 Å². The molecule has 1 aromatic heterocycles. The van der Waals surface area contributed by atoms with Gasteiger partial charge in [-0.15, -0.1) is 0 Å². The molecular formula is C9H12N2. The molecule has 0 radical (unpaired) electrons. The molecule has 1 aliphatic carbocycles. The van der Waals surface area contributed by atoms with Gasteiger partial charge < -0.3 is 5.73 Å². The average Bonchev–Trinajstić information content (AvgIpc) is 2.70. The van der Waals surface area contributed by atoms with Crippen molar-refractivity contribution >= 4 is 0 Å². The molecule has 0 atom stereocenters. The molecule has 2 heteroatoms. The molecule has 1 heterocycles. The van der Waals surface area contributed by atoms with Crippen molar-refractivity contribution in [1.82, 2.24) is 4.98 Å². The Labute approximate surface area is 66.4 Å². The summed E-state index contributed by atoms with van der Waals surface area (Å²) >= 11 is 0. The van der Waals surface area contributed by atoms with Crippen LogP contribution < -0.4 is 5.73 Å². The summed E-state index contributed by atoms with van der Waals surface area (Å²) in [7, 11) is 0. The molecule has 1 saturated carbocycles. The summed E-state index contributed by atoms with van der Waals surface area (Å²) in [6, 6.07) is 4.09. The predicted octanol–water partition coefficient (Wildman–Crippen LogP) is 1.34. The van der Waals surface area contributed by atoms with Crippen molar-refractivity contribution < 1.29 is 0 Å². The molecule has 2 N–H and O–H groups in total. The molecule has 2 rings (SSSR count).